The maximum absolute atomic E-state index is 13.2. The Balaban J connectivity index is 1.72. The lowest BCUT2D eigenvalue weighted by atomic mass is 9.71. The molecule has 0 fully saturated rings. The van der Waals surface area contributed by atoms with Gasteiger partial charge in [-0.05, 0) is 18.4 Å². The van der Waals surface area contributed by atoms with Crippen LogP contribution in [0.5, 0.6) is 0 Å². The zero-order chi connectivity index (χ0) is 19.4. The Hall–Kier alpha value is -3.41. The number of benzene rings is 2. The smallest absolute Gasteiger partial charge is 0.269 e. The van der Waals surface area contributed by atoms with E-state index in [9.17, 15) is 19.7 Å². The summed E-state index contributed by atoms with van der Waals surface area (Å²) in [7, 11) is 0. The second kappa shape index (κ2) is 6.05. The summed E-state index contributed by atoms with van der Waals surface area (Å²) in [6.45, 7) is 0. The number of allylic oxidation sites excluding steroid dienone is 2. The summed E-state index contributed by atoms with van der Waals surface area (Å²) >= 11 is 0. The number of Topliss-reactive ketones (excluding diaryl/α,β-unsaturated/α-hetero) is 2. The number of non-ortho nitro benzene ring substituents is 1. The summed E-state index contributed by atoms with van der Waals surface area (Å²) in [5.74, 6) is -1.02. The van der Waals surface area contributed by atoms with Crippen molar-refractivity contribution >= 4 is 23.0 Å². The van der Waals surface area contributed by atoms with Crippen molar-refractivity contribution in [3.05, 3.63) is 86.6 Å². The second-order valence-corrected chi connectivity index (χ2v) is 7.35. The molecule has 2 atom stereocenters. The molecular weight excluding hydrogens is 356 g/mol. The number of ketones is 2. The van der Waals surface area contributed by atoms with Crippen LogP contribution in [0.1, 0.15) is 46.7 Å². The fourth-order valence-corrected chi connectivity index (χ4v) is 4.61. The summed E-state index contributed by atoms with van der Waals surface area (Å²) in [5, 5.41) is 11.0. The summed E-state index contributed by atoms with van der Waals surface area (Å²) in [6, 6.07) is 13.6. The number of hydrogen-bond acceptors (Lipinski definition) is 5. The van der Waals surface area contributed by atoms with Crippen LogP contribution in [-0.2, 0) is 4.79 Å². The van der Waals surface area contributed by atoms with Crippen molar-refractivity contribution in [2.75, 3.05) is 0 Å². The van der Waals surface area contributed by atoms with Gasteiger partial charge in [0.05, 0.1) is 16.6 Å². The molecule has 2 aromatic rings. The largest absolute Gasteiger partial charge is 0.294 e. The van der Waals surface area contributed by atoms with Crippen molar-refractivity contribution in [2.24, 2.45) is 10.9 Å². The van der Waals surface area contributed by atoms with Gasteiger partial charge in [0, 0.05) is 46.9 Å². The van der Waals surface area contributed by atoms with Crippen LogP contribution in [0.4, 0.5) is 5.69 Å². The molecule has 28 heavy (non-hydrogen) atoms. The monoisotopic (exact) mass is 372 g/mol. The number of nitro benzene ring substituents is 1. The van der Waals surface area contributed by atoms with Crippen LogP contribution in [0.2, 0.25) is 0 Å². The van der Waals surface area contributed by atoms with E-state index >= 15 is 0 Å². The third kappa shape index (κ3) is 2.30. The van der Waals surface area contributed by atoms with Gasteiger partial charge >= 0.3 is 0 Å². The number of nitrogens with zero attached hydrogens (tertiary/aromatic N) is 2. The van der Waals surface area contributed by atoms with Crippen molar-refractivity contribution in [1.82, 2.24) is 0 Å². The van der Waals surface area contributed by atoms with E-state index in [1.807, 2.05) is 18.2 Å². The zero-order valence-electron chi connectivity index (χ0n) is 14.9. The number of carbonyl (C=O) groups excluding carboxylic acids is 2. The third-order valence-corrected chi connectivity index (χ3v) is 5.84. The average Bonchev–Trinajstić information content (AvgIpc) is 2.99. The van der Waals surface area contributed by atoms with E-state index in [1.165, 1.54) is 12.1 Å². The Morgan fingerprint density at radius 1 is 0.929 bits per heavy atom. The maximum Gasteiger partial charge on any atom is 0.269 e. The molecule has 0 aromatic heterocycles. The van der Waals surface area contributed by atoms with Gasteiger partial charge in [-0.25, -0.2) is 0 Å². The van der Waals surface area contributed by atoms with E-state index in [-0.39, 0.29) is 17.3 Å². The van der Waals surface area contributed by atoms with Gasteiger partial charge in [0.15, 0.2) is 11.6 Å². The summed E-state index contributed by atoms with van der Waals surface area (Å²) in [6.07, 6.45) is 1.90. The predicted molar refractivity (Wildman–Crippen MR) is 103 cm³/mol. The molecule has 0 saturated heterocycles. The van der Waals surface area contributed by atoms with E-state index in [2.05, 4.69) is 0 Å². The number of aliphatic imine (C=N–C) groups is 1. The molecule has 0 bridgehead atoms. The van der Waals surface area contributed by atoms with Gasteiger partial charge < -0.3 is 0 Å². The minimum Gasteiger partial charge on any atom is -0.294 e. The molecule has 3 aliphatic rings. The van der Waals surface area contributed by atoms with Crippen LogP contribution < -0.4 is 0 Å². The van der Waals surface area contributed by atoms with E-state index in [1.54, 1.807) is 18.2 Å². The second-order valence-electron chi connectivity index (χ2n) is 7.35. The standard InChI is InChI=1S/C22H16N2O4/c25-17-7-3-6-16-19(17)18(12-8-10-13(11-9-12)24(27)28)20-21(23-16)14-4-1-2-5-15(14)22(20)26/h1-2,4-5,8-11,18,20H,3,6-7H2/t18-,20-/m1/s1. The van der Waals surface area contributed by atoms with Crippen LogP contribution in [0.15, 0.2) is 64.8 Å². The number of carbonyl (C=O) groups is 2. The predicted octanol–water partition coefficient (Wildman–Crippen LogP) is 4.00. The van der Waals surface area contributed by atoms with E-state index < -0.39 is 16.8 Å². The summed E-state index contributed by atoms with van der Waals surface area (Å²) in [5.41, 5.74) is 4.27. The Bertz CT molecular complexity index is 1110. The topological polar surface area (TPSA) is 89.6 Å². The molecule has 1 heterocycles. The molecule has 5 rings (SSSR count). The van der Waals surface area contributed by atoms with Crippen molar-refractivity contribution in [1.29, 1.82) is 0 Å². The van der Waals surface area contributed by atoms with Crippen LogP contribution in [0.3, 0.4) is 0 Å². The molecule has 0 spiro atoms. The molecular formula is C22H16N2O4. The summed E-state index contributed by atoms with van der Waals surface area (Å²) < 4.78 is 0. The molecule has 6 nitrogen and oxygen atoms in total. The lowest BCUT2D eigenvalue weighted by Crippen LogP contribution is -2.33. The van der Waals surface area contributed by atoms with Gasteiger partial charge in [-0.1, -0.05) is 36.4 Å². The first-order chi connectivity index (χ1) is 13.6. The molecule has 138 valence electrons. The van der Waals surface area contributed by atoms with Crippen LogP contribution in [0, 0.1) is 16.0 Å². The lowest BCUT2D eigenvalue weighted by molar-refractivity contribution is -0.384. The molecule has 0 amide bonds. The van der Waals surface area contributed by atoms with E-state index in [4.69, 9.17) is 4.99 Å². The molecule has 0 N–H and O–H groups in total. The van der Waals surface area contributed by atoms with Gasteiger partial charge in [0.1, 0.15) is 0 Å². The van der Waals surface area contributed by atoms with Crippen LogP contribution in [0.25, 0.3) is 0 Å². The van der Waals surface area contributed by atoms with Crippen molar-refractivity contribution < 1.29 is 14.5 Å². The SMILES string of the molecule is O=C1CCCC2=C1[C@@H](c1ccc([N+](=O)[O-])cc1)[C@H]1C(=O)c3ccccc3C1=N2. The Kier molecular flexibility index (Phi) is 3.62. The fourth-order valence-electron chi connectivity index (χ4n) is 4.61. The van der Waals surface area contributed by atoms with E-state index in [0.29, 0.717) is 24.0 Å². The maximum atomic E-state index is 13.2. The molecule has 0 saturated carbocycles. The first-order valence-electron chi connectivity index (χ1n) is 9.29. The van der Waals surface area contributed by atoms with Gasteiger partial charge in [0.25, 0.3) is 5.69 Å². The fraction of sp³-hybridized carbons (Fsp3) is 0.227. The van der Waals surface area contributed by atoms with Crippen LogP contribution >= 0.6 is 0 Å². The quantitative estimate of drug-likeness (QED) is 0.589. The third-order valence-electron chi connectivity index (χ3n) is 5.84. The van der Waals surface area contributed by atoms with Crippen molar-refractivity contribution in [2.45, 2.75) is 25.2 Å². The Morgan fingerprint density at radius 2 is 1.64 bits per heavy atom. The molecule has 2 aliphatic carbocycles. The Morgan fingerprint density at radius 3 is 2.36 bits per heavy atom. The normalized spacial score (nSPS) is 23.1. The highest BCUT2D eigenvalue weighted by Gasteiger charge is 2.48. The number of fused-ring (bicyclic) bond motifs is 3. The molecule has 2 aromatic carbocycles. The number of rotatable bonds is 2. The van der Waals surface area contributed by atoms with Gasteiger partial charge in [-0.2, -0.15) is 0 Å². The van der Waals surface area contributed by atoms with Gasteiger partial charge in [-0.15, -0.1) is 0 Å². The van der Waals surface area contributed by atoms with Gasteiger partial charge in [0.2, 0.25) is 0 Å². The Labute approximate surface area is 160 Å². The minimum absolute atomic E-state index is 0.0151. The first kappa shape index (κ1) is 16.7. The number of hydrogen-bond donors (Lipinski definition) is 0. The molecule has 0 radical (unpaired) electrons. The molecule has 6 heteroatoms. The highest BCUT2D eigenvalue weighted by Crippen LogP contribution is 2.48. The van der Waals surface area contributed by atoms with Crippen molar-refractivity contribution in [3.8, 4) is 0 Å². The highest BCUT2D eigenvalue weighted by molar-refractivity contribution is 6.30. The van der Waals surface area contributed by atoms with E-state index in [0.717, 1.165) is 29.0 Å². The average molecular weight is 372 g/mol. The van der Waals surface area contributed by atoms with Crippen molar-refractivity contribution in [3.63, 3.8) is 0 Å². The molecule has 1 aliphatic heterocycles. The van der Waals surface area contributed by atoms with Crippen LogP contribution in [-0.4, -0.2) is 22.2 Å². The lowest BCUT2D eigenvalue weighted by Gasteiger charge is -2.33. The molecule has 0 unspecified atom stereocenters. The summed E-state index contributed by atoms with van der Waals surface area (Å²) in [4.78, 5) is 41.4. The highest BCUT2D eigenvalue weighted by atomic mass is 16.6. The zero-order valence-corrected chi connectivity index (χ0v) is 14.9. The van der Waals surface area contributed by atoms with Gasteiger partial charge in [-0.3, -0.25) is 24.7 Å². The minimum atomic E-state index is -0.556. The first-order valence-corrected chi connectivity index (χ1v) is 9.29. The number of nitro groups is 1.